The van der Waals surface area contributed by atoms with E-state index in [1.54, 1.807) is 26.4 Å². The van der Waals surface area contributed by atoms with E-state index in [0.29, 0.717) is 29.8 Å². The molecule has 41 heavy (non-hydrogen) atoms. The molecule has 2 aliphatic carbocycles. The lowest BCUT2D eigenvalue weighted by atomic mass is 9.81. The number of carbonyl (C=O) groups excluding carboxylic acids is 2. The van der Waals surface area contributed by atoms with Crippen molar-refractivity contribution in [2.45, 2.75) is 95.7 Å². The van der Waals surface area contributed by atoms with Crippen molar-refractivity contribution in [2.75, 3.05) is 14.2 Å². The van der Waals surface area contributed by atoms with E-state index in [4.69, 9.17) is 25.1 Å². The van der Waals surface area contributed by atoms with Gasteiger partial charge in [0.1, 0.15) is 6.04 Å². The first kappa shape index (κ1) is 33.9. The molecule has 1 aromatic carbocycles. The monoisotopic (exact) mass is 585 g/mol. The molecule has 0 aliphatic heterocycles. The fourth-order valence-corrected chi connectivity index (χ4v) is 5.37. The number of carboxylic acid groups (broad SMARTS) is 1. The molecule has 0 unspecified atom stereocenters. The number of aliphatic carboxylic acids is 1. The molecule has 0 spiro atoms. The quantitative estimate of drug-likeness (QED) is 0.254. The summed E-state index contributed by atoms with van der Waals surface area (Å²) in [7, 11) is 3.13. The van der Waals surface area contributed by atoms with Crippen LogP contribution in [0.15, 0.2) is 23.2 Å². The van der Waals surface area contributed by atoms with Gasteiger partial charge < -0.3 is 20.3 Å². The van der Waals surface area contributed by atoms with Gasteiger partial charge in [0.2, 0.25) is 5.91 Å². The third-order valence-electron chi connectivity index (χ3n) is 7.49. The summed E-state index contributed by atoms with van der Waals surface area (Å²) in [6.07, 6.45) is 8.30. The van der Waals surface area contributed by atoms with E-state index in [1.165, 1.54) is 38.5 Å². The number of nitrogens with zero attached hydrogens (tertiary/aromatic N) is 1. The van der Waals surface area contributed by atoms with E-state index in [-0.39, 0.29) is 24.1 Å². The minimum Gasteiger partial charge on any atom is -0.493 e. The van der Waals surface area contributed by atoms with Crippen molar-refractivity contribution in [3.63, 3.8) is 0 Å². The normalized spacial score (nSPS) is 17.5. The Labute approximate surface area is 239 Å². The van der Waals surface area contributed by atoms with Crippen LogP contribution in [0.2, 0.25) is 0 Å². The molecule has 3 rings (SSSR count). The van der Waals surface area contributed by atoms with Crippen LogP contribution in [-0.4, -0.2) is 55.2 Å². The molecule has 0 saturated heterocycles. The lowest BCUT2D eigenvalue weighted by molar-refractivity contribution is -0.192. The number of halogens is 3. The van der Waals surface area contributed by atoms with Crippen LogP contribution < -0.4 is 20.5 Å². The summed E-state index contributed by atoms with van der Waals surface area (Å²) in [4.78, 5) is 39.3. The van der Waals surface area contributed by atoms with Gasteiger partial charge in [0.15, 0.2) is 23.2 Å². The van der Waals surface area contributed by atoms with Crippen LogP contribution >= 0.6 is 0 Å². The second-order valence-electron chi connectivity index (χ2n) is 10.7. The Balaban J connectivity index is 0.000000745. The van der Waals surface area contributed by atoms with Crippen LogP contribution in [0.3, 0.4) is 0 Å². The molecule has 4 N–H and O–H groups in total. The number of hydrogen-bond donors (Lipinski definition) is 3. The van der Waals surface area contributed by atoms with E-state index in [9.17, 15) is 22.8 Å². The predicted molar refractivity (Wildman–Crippen MR) is 148 cm³/mol. The third kappa shape index (κ3) is 12.4. The van der Waals surface area contributed by atoms with Crippen molar-refractivity contribution in [3.8, 4) is 11.5 Å². The summed E-state index contributed by atoms with van der Waals surface area (Å²) >= 11 is 0. The van der Waals surface area contributed by atoms with Gasteiger partial charge in [-0.3, -0.25) is 14.9 Å². The zero-order valence-electron chi connectivity index (χ0n) is 23.8. The van der Waals surface area contributed by atoms with Crippen LogP contribution in [-0.2, 0) is 20.8 Å². The number of rotatable bonds is 10. The van der Waals surface area contributed by atoms with Crippen molar-refractivity contribution in [2.24, 2.45) is 22.6 Å². The van der Waals surface area contributed by atoms with E-state index in [2.05, 4.69) is 10.3 Å². The van der Waals surface area contributed by atoms with Gasteiger partial charge in [-0.1, -0.05) is 70.3 Å². The van der Waals surface area contributed by atoms with Gasteiger partial charge in [0, 0.05) is 6.42 Å². The lowest BCUT2D eigenvalue weighted by Gasteiger charge is -2.26. The Morgan fingerprint density at radius 3 is 2.02 bits per heavy atom. The SMILES string of the molecule is COc1ccc(CC(=O)NC(N)=N[C@H](CC2CCCCC2)C(=O)CC2CCCCC2)cc1OC.O=C(O)C(F)(F)F. The molecule has 2 saturated carbocycles. The van der Waals surface area contributed by atoms with E-state index in [0.717, 1.165) is 37.7 Å². The highest BCUT2D eigenvalue weighted by molar-refractivity contribution is 5.98. The van der Waals surface area contributed by atoms with Gasteiger partial charge in [0.25, 0.3) is 0 Å². The number of alkyl halides is 3. The average molecular weight is 586 g/mol. The molecule has 9 nitrogen and oxygen atoms in total. The molecular formula is C29H42F3N3O6. The average Bonchev–Trinajstić information content (AvgIpc) is 2.93. The molecule has 0 radical (unpaired) electrons. The first-order chi connectivity index (χ1) is 19.4. The fraction of sp³-hybridized carbons (Fsp3) is 0.655. The van der Waals surface area contributed by atoms with Crippen LogP contribution in [0.25, 0.3) is 0 Å². The van der Waals surface area contributed by atoms with Crippen molar-refractivity contribution in [1.82, 2.24) is 5.32 Å². The second kappa shape index (κ2) is 16.8. The number of nitrogens with two attached hydrogens (primary N) is 1. The standard InChI is InChI=1S/C27H41N3O4.C2HF3O2/c1-33-24-14-13-21(17-25(24)34-2)18-26(32)30-27(28)29-22(15-19-9-5-3-6-10-19)23(31)16-20-11-7-4-8-12-20;3-2(4,5)1(6)7/h13-14,17,19-20,22H,3-12,15-16,18H2,1-2H3,(H3,28,29,30,32);(H,6,7)/t22-;/m1./s1. The Kier molecular flexibility index (Phi) is 13.9. The van der Waals surface area contributed by atoms with Gasteiger partial charge in [-0.05, 0) is 36.0 Å². The van der Waals surface area contributed by atoms with Gasteiger partial charge >= 0.3 is 12.1 Å². The number of Topliss-reactive ketones (excluding diaryl/α,β-unsaturated/α-hetero) is 1. The highest BCUT2D eigenvalue weighted by Crippen LogP contribution is 2.31. The third-order valence-corrected chi connectivity index (χ3v) is 7.49. The maximum Gasteiger partial charge on any atom is 0.490 e. The number of ketones is 1. The number of aliphatic imine (C=N–C) groups is 1. The lowest BCUT2D eigenvalue weighted by Crippen LogP contribution is -2.40. The number of amides is 1. The van der Waals surface area contributed by atoms with Gasteiger partial charge in [-0.15, -0.1) is 0 Å². The summed E-state index contributed by atoms with van der Waals surface area (Å²) in [5.74, 6) is -0.681. The maximum atomic E-state index is 13.2. The second-order valence-corrected chi connectivity index (χ2v) is 10.7. The zero-order valence-corrected chi connectivity index (χ0v) is 23.8. The van der Waals surface area contributed by atoms with Crippen molar-refractivity contribution in [3.05, 3.63) is 23.8 Å². The van der Waals surface area contributed by atoms with E-state index in [1.807, 2.05) is 6.07 Å². The van der Waals surface area contributed by atoms with Crippen LogP contribution in [0.5, 0.6) is 11.5 Å². The summed E-state index contributed by atoms with van der Waals surface area (Å²) < 4.78 is 42.3. The number of benzene rings is 1. The number of ether oxygens (including phenoxy) is 2. The molecule has 2 fully saturated rings. The predicted octanol–water partition coefficient (Wildman–Crippen LogP) is 5.19. The minimum absolute atomic E-state index is 0.0308. The maximum absolute atomic E-state index is 13.2. The van der Waals surface area contributed by atoms with Gasteiger partial charge in [-0.25, -0.2) is 9.79 Å². The fourth-order valence-electron chi connectivity index (χ4n) is 5.37. The largest absolute Gasteiger partial charge is 0.493 e. The topological polar surface area (TPSA) is 140 Å². The summed E-state index contributed by atoms with van der Waals surface area (Å²) in [5.41, 5.74) is 6.90. The summed E-state index contributed by atoms with van der Waals surface area (Å²) in [5, 5.41) is 9.81. The zero-order chi connectivity index (χ0) is 30.4. The van der Waals surface area contributed by atoms with Crippen molar-refractivity contribution in [1.29, 1.82) is 0 Å². The molecule has 1 amide bonds. The molecule has 230 valence electrons. The van der Waals surface area contributed by atoms with Crippen LogP contribution in [0.1, 0.15) is 82.6 Å². The van der Waals surface area contributed by atoms with Crippen molar-refractivity contribution >= 4 is 23.6 Å². The highest BCUT2D eigenvalue weighted by atomic mass is 19.4. The molecule has 0 aromatic heterocycles. The Morgan fingerprint density at radius 2 is 1.51 bits per heavy atom. The molecule has 1 atom stereocenters. The summed E-state index contributed by atoms with van der Waals surface area (Å²) in [6, 6.07) is 4.88. The number of carboxylic acids is 1. The smallest absolute Gasteiger partial charge is 0.490 e. The number of guanidine groups is 1. The first-order valence-corrected chi connectivity index (χ1v) is 14.1. The number of hydrogen-bond acceptors (Lipinski definition) is 6. The van der Waals surface area contributed by atoms with Gasteiger partial charge in [-0.2, -0.15) is 13.2 Å². The molecule has 2 aliphatic rings. The number of methoxy groups -OCH3 is 2. The number of carbonyl (C=O) groups is 3. The Bertz CT molecular complexity index is 1040. The molecule has 0 heterocycles. The van der Waals surface area contributed by atoms with E-state index >= 15 is 0 Å². The molecule has 1 aromatic rings. The Morgan fingerprint density at radius 1 is 0.976 bits per heavy atom. The van der Waals surface area contributed by atoms with E-state index < -0.39 is 18.2 Å². The number of nitrogens with one attached hydrogen (secondary N) is 1. The molecular weight excluding hydrogens is 543 g/mol. The molecule has 12 heteroatoms. The highest BCUT2D eigenvalue weighted by Gasteiger charge is 2.38. The van der Waals surface area contributed by atoms with Crippen LogP contribution in [0.4, 0.5) is 13.2 Å². The summed E-state index contributed by atoms with van der Waals surface area (Å²) in [6.45, 7) is 0. The van der Waals surface area contributed by atoms with Gasteiger partial charge in [0.05, 0.1) is 20.6 Å². The minimum atomic E-state index is -5.08. The molecule has 0 bridgehead atoms. The Hall–Kier alpha value is -3.31. The van der Waals surface area contributed by atoms with Crippen molar-refractivity contribution < 1.29 is 42.1 Å². The first-order valence-electron chi connectivity index (χ1n) is 14.1. The van der Waals surface area contributed by atoms with Crippen LogP contribution in [0, 0.1) is 11.8 Å².